The first kappa shape index (κ1) is 12.2. The minimum atomic E-state index is 0.0318. The number of rotatable bonds is 1. The minimum Gasteiger partial charge on any atom is -0.494 e. The molecule has 2 unspecified atom stereocenters. The number of fused-ring (bicyclic) bond motifs is 5. The molecule has 0 saturated carbocycles. The lowest BCUT2D eigenvalue weighted by Gasteiger charge is -2.12. The quantitative estimate of drug-likeness (QED) is 0.770. The second-order valence-electron chi connectivity index (χ2n) is 5.21. The molecule has 20 heavy (non-hydrogen) atoms. The van der Waals surface area contributed by atoms with Gasteiger partial charge in [0.1, 0.15) is 0 Å². The van der Waals surface area contributed by atoms with Crippen LogP contribution in [0.25, 0.3) is 5.69 Å². The third-order valence-corrected chi connectivity index (χ3v) is 4.79. The molecular formula is C15H11Cl2NO2. The van der Waals surface area contributed by atoms with Crippen molar-refractivity contribution in [1.29, 1.82) is 0 Å². The molecule has 0 radical (unpaired) electrons. The van der Waals surface area contributed by atoms with Gasteiger partial charge in [0.25, 0.3) is 0 Å². The molecule has 2 N–H and O–H groups in total. The van der Waals surface area contributed by atoms with Crippen LogP contribution in [0.5, 0.6) is 11.8 Å². The Morgan fingerprint density at radius 2 is 1.45 bits per heavy atom. The van der Waals surface area contributed by atoms with E-state index in [1.165, 1.54) is 4.57 Å². The van der Waals surface area contributed by atoms with Crippen molar-refractivity contribution in [2.75, 3.05) is 0 Å². The number of hydrogen-bond acceptors (Lipinski definition) is 2. The summed E-state index contributed by atoms with van der Waals surface area (Å²) in [6.07, 6.45) is 5.07. The van der Waals surface area contributed by atoms with Gasteiger partial charge in [-0.2, -0.15) is 0 Å². The number of aromatic nitrogens is 1. The van der Waals surface area contributed by atoms with Crippen LogP contribution in [0.3, 0.4) is 0 Å². The van der Waals surface area contributed by atoms with Gasteiger partial charge in [0.2, 0.25) is 11.8 Å². The average molecular weight is 308 g/mol. The number of para-hydroxylation sites is 1. The van der Waals surface area contributed by atoms with Crippen molar-refractivity contribution in [3.05, 3.63) is 51.5 Å². The Balaban J connectivity index is 2.03. The molecular weight excluding hydrogens is 297 g/mol. The Labute approximate surface area is 125 Å². The van der Waals surface area contributed by atoms with Crippen LogP contribution < -0.4 is 0 Å². The molecule has 5 heteroatoms. The van der Waals surface area contributed by atoms with Gasteiger partial charge in [-0.3, -0.25) is 0 Å². The summed E-state index contributed by atoms with van der Waals surface area (Å²) in [7, 11) is 0. The molecule has 102 valence electrons. The predicted molar refractivity (Wildman–Crippen MR) is 78.4 cm³/mol. The normalized spacial score (nSPS) is 22.5. The second-order valence-corrected chi connectivity index (χ2v) is 6.03. The maximum Gasteiger partial charge on any atom is 0.202 e. The summed E-state index contributed by atoms with van der Waals surface area (Å²) < 4.78 is 1.35. The van der Waals surface area contributed by atoms with E-state index in [0.717, 1.165) is 17.5 Å². The van der Waals surface area contributed by atoms with E-state index in [4.69, 9.17) is 23.2 Å². The van der Waals surface area contributed by atoms with E-state index < -0.39 is 0 Å². The highest BCUT2D eigenvalue weighted by Crippen LogP contribution is 2.57. The van der Waals surface area contributed by atoms with Crippen LogP contribution in [0, 0.1) is 0 Å². The van der Waals surface area contributed by atoms with Gasteiger partial charge in [-0.05, 0) is 18.6 Å². The molecule has 0 saturated heterocycles. The summed E-state index contributed by atoms with van der Waals surface area (Å²) in [5, 5.41) is 21.8. The molecule has 0 amide bonds. The zero-order valence-corrected chi connectivity index (χ0v) is 11.9. The summed E-state index contributed by atoms with van der Waals surface area (Å²) in [4.78, 5) is 0. The lowest BCUT2D eigenvalue weighted by molar-refractivity contribution is 0.395. The van der Waals surface area contributed by atoms with Gasteiger partial charge in [0, 0.05) is 23.0 Å². The van der Waals surface area contributed by atoms with Crippen molar-refractivity contribution in [1.82, 2.24) is 4.57 Å². The molecule has 2 aromatic rings. The molecule has 3 nitrogen and oxygen atoms in total. The van der Waals surface area contributed by atoms with Crippen LogP contribution >= 0.6 is 23.2 Å². The maximum atomic E-state index is 10.5. The highest BCUT2D eigenvalue weighted by Gasteiger charge is 2.41. The molecule has 2 atom stereocenters. The monoisotopic (exact) mass is 307 g/mol. The van der Waals surface area contributed by atoms with Gasteiger partial charge >= 0.3 is 0 Å². The fraction of sp³-hybridized carbons (Fsp3) is 0.200. The van der Waals surface area contributed by atoms with E-state index >= 15 is 0 Å². The number of nitrogens with zero attached hydrogens (tertiary/aromatic N) is 1. The number of hydrogen-bond donors (Lipinski definition) is 2. The van der Waals surface area contributed by atoms with Gasteiger partial charge in [-0.25, -0.2) is 4.57 Å². The Bertz CT molecular complexity index is 708. The van der Waals surface area contributed by atoms with Crippen LogP contribution in [0.2, 0.25) is 10.0 Å². The highest BCUT2D eigenvalue weighted by molar-refractivity contribution is 6.37. The Kier molecular flexibility index (Phi) is 2.41. The van der Waals surface area contributed by atoms with E-state index in [2.05, 4.69) is 12.2 Å². The fourth-order valence-corrected chi connectivity index (χ4v) is 3.92. The van der Waals surface area contributed by atoms with Crippen molar-refractivity contribution in [3.8, 4) is 17.4 Å². The molecule has 0 fully saturated rings. The molecule has 4 rings (SSSR count). The molecule has 1 heterocycles. The highest BCUT2D eigenvalue weighted by atomic mass is 35.5. The molecule has 1 aromatic heterocycles. The summed E-state index contributed by atoms with van der Waals surface area (Å²) in [5.74, 6) is 0.403. The van der Waals surface area contributed by atoms with Crippen LogP contribution in [0.4, 0.5) is 0 Å². The van der Waals surface area contributed by atoms with E-state index in [-0.39, 0.29) is 23.6 Å². The van der Waals surface area contributed by atoms with Crippen molar-refractivity contribution < 1.29 is 10.2 Å². The van der Waals surface area contributed by atoms with E-state index in [1.54, 1.807) is 18.2 Å². The standard InChI is InChI=1S/C15H11Cl2NO2/c16-9-2-1-3-10(17)13(9)18-14(19)11-7-4-5-8(6-7)12(11)15(18)20/h1-5,7-8,19-20H,6H2. The molecule has 0 spiro atoms. The molecule has 2 aliphatic rings. The lowest BCUT2D eigenvalue weighted by atomic mass is 10.0. The first-order chi connectivity index (χ1) is 9.59. The first-order valence-electron chi connectivity index (χ1n) is 6.38. The summed E-state index contributed by atoms with van der Waals surface area (Å²) in [6, 6.07) is 5.09. The van der Waals surface area contributed by atoms with E-state index in [9.17, 15) is 10.2 Å². The largest absolute Gasteiger partial charge is 0.494 e. The third-order valence-electron chi connectivity index (χ3n) is 4.18. The minimum absolute atomic E-state index is 0.0318. The number of halogens is 2. The first-order valence-corrected chi connectivity index (χ1v) is 7.14. The predicted octanol–water partition coefficient (Wildman–Crippen LogP) is 4.34. The summed E-state index contributed by atoms with van der Waals surface area (Å²) in [6.45, 7) is 0. The third kappa shape index (κ3) is 1.37. The van der Waals surface area contributed by atoms with Crippen LogP contribution in [0.1, 0.15) is 29.4 Å². The summed E-state index contributed by atoms with van der Waals surface area (Å²) in [5.41, 5.74) is 2.01. The van der Waals surface area contributed by atoms with Crippen molar-refractivity contribution in [2.45, 2.75) is 18.3 Å². The summed E-state index contributed by atoms with van der Waals surface area (Å²) >= 11 is 12.4. The van der Waals surface area contributed by atoms with E-state index in [1.807, 2.05) is 0 Å². The fourth-order valence-electron chi connectivity index (χ4n) is 3.35. The van der Waals surface area contributed by atoms with Crippen LogP contribution in [-0.4, -0.2) is 14.8 Å². The Morgan fingerprint density at radius 3 is 1.95 bits per heavy atom. The smallest absolute Gasteiger partial charge is 0.202 e. The number of benzene rings is 1. The zero-order chi connectivity index (χ0) is 14.0. The molecule has 2 bridgehead atoms. The van der Waals surface area contributed by atoms with Crippen LogP contribution in [0.15, 0.2) is 30.4 Å². The van der Waals surface area contributed by atoms with Gasteiger partial charge in [0.15, 0.2) is 0 Å². The average Bonchev–Trinajstić information content (AvgIpc) is 3.07. The zero-order valence-electron chi connectivity index (χ0n) is 10.3. The molecule has 1 aromatic carbocycles. The Morgan fingerprint density at radius 1 is 0.950 bits per heavy atom. The van der Waals surface area contributed by atoms with Crippen molar-refractivity contribution in [3.63, 3.8) is 0 Å². The van der Waals surface area contributed by atoms with Gasteiger partial charge in [-0.1, -0.05) is 41.4 Å². The van der Waals surface area contributed by atoms with Gasteiger partial charge in [0.05, 0.1) is 15.7 Å². The lowest BCUT2D eigenvalue weighted by Crippen LogP contribution is -1.97. The van der Waals surface area contributed by atoms with Crippen molar-refractivity contribution >= 4 is 23.2 Å². The second kappa shape index (κ2) is 3.96. The maximum absolute atomic E-state index is 10.5. The van der Waals surface area contributed by atoms with Crippen molar-refractivity contribution in [2.24, 2.45) is 0 Å². The number of allylic oxidation sites excluding steroid dienone is 2. The van der Waals surface area contributed by atoms with Crippen LogP contribution in [-0.2, 0) is 0 Å². The Hall–Kier alpha value is -1.58. The van der Waals surface area contributed by atoms with E-state index in [0.29, 0.717) is 15.7 Å². The number of aromatic hydroxyl groups is 2. The molecule has 0 aliphatic heterocycles. The SMILES string of the molecule is Oc1c2c(c(O)n1-c1c(Cl)cccc1Cl)C1C=CC2C1. The topological polar surface area (TPSA) is 45.4 Å². The van der Waals surface area contributed by atoms with Gasteiger partial charge in [-0.15, -0.1) is 0 Å². The molecule has 2 aliphatic carbocycles. The van der Waals surface area contributed by atoms with Gasteiger partial charge < -0.3 is 10.2 Å².